The van der Waals surface area contributed by atoms with Crippen LogP contribution in [0.1, 0.15) is 12.0 Å². The van der Waals surface area contributed by atoms with Crippen LogP contribution in [0.5, 0.6) is 0 Å². The van der Waals surface area contributed by atoms with Crippen LogP contribution >= 0.6 is 0 Å². The van der Waals surface area contributed by atoms with Crippen molar-refractivity contribution in [1.82, 2.24) is 14.9 Å². The Morgan fingerprint density at radius 1 is 1.35 bits per heavy atom. The average Bonchev–Trinajstić information content (AvgIpc) is 2.47. The molecular formula is C15H23N3O4S. The van der Waals surface area contributed by atoms with Crippen molar-refractivity contribution in [3.63, 3.8) is 0 Å². The summed E-state index contributed by atoms with van der Waals surface area (Å²) in [6.07, 6.45) is 0.699. The van der Waals surface area contributed by atoms with Crippen LogP contribution in [0.4, 0.5) is 4.79 Å². The van der Waals surface area contributed by atoms with Crippen LogP contribution in [0, 0.1) is 6.92 Å². The van der Waals surface area contributed by atoms with Crippen LogP contribution in [0.25, 0.3) is 0 Å². The van der Waals surface area contributed by atoms with Gasteiger partial charge in [0.15, 0.2) is 0 Å². The van der Waals surface area contributed by atoms with Gasteiger partial charge in [-0.3, -0.25) is 0 Å². The summed E-state index contributed by atoms with van der Waals surface area (Å²) in [7, 11) is -1.82. The van der Waals surface area contributed by atoms with Gasteiger partial charge in [0, 0.05) is 19.6 Å². The summed E-state index contributed by atoms with van der Waals surface area (Å²) in [5, 5.41) is 2.55. The van der Waals surface area contributed by atoms with E-state index in [-0.39, 0.29) is 11.0 Å². The average molecular weight is 341 g/mol. The number of urea groups is 1. The second-order valence-corrected chi connectivity index (χ2v) is 7.40. The third kappa shape index (κ3) is 5.49. The monoisotopic (exact) mass is 341 g/mol. The van der Waals surface area contributed by atoms with Crippen LogP contribution in [-0.4, -0.2) is 58.7 Å². The Labute approximate surface area is 137 Å². The van der Waals surface area contributed by atoms with E-state index in [0.717, 1.165) is 18.7 Å². The van der Waals surface area contributed by atoms with Crippen molar-refractivity contribution in [2.45, 2.75) is 24.3 Å². The molecule has 2 rings (SSSR count). The molecule has 1 aromatic rings. The van der Waals surface area contributed by atoms with Gasteiger partial charge in [-0.05, 0) is 32.5 Å². The SMILES string of the molecule is Cc1ccc(S(=O)(=O)NC(=O)NCCC2CN(C)CCO2)cc1. The van der Waals surface area contributed by atoms with Crippen LogP contribution in [-0.2, 0) is 14.8 Å². The molecule has 1 unspecified atom stereocenters. The molecule has 1 fully saturated rings. The van der Waals surface area contributed by atoms with Crippen LogP contribution in [0.2, 0.25) is 0 Å². The maximum Gasteiger partial charge on any atom is 0.328 e. The van der Waals surface area contributed by atoms with Gasteiger partial charge in [0.05, 0.1) is 17.6 Å². The highest BCUT2D eigenvalue weighted by atomic mass is 32.2. The topological polar surface area (TPSA) is 87.7 Å². The van der Waals surface area contributed by atoms with E-state index in [1.165, 1.54) is 12.1 Å². The molecule has 1 aliphatic heterocycles. The first-order chi connectivity index (χ1) is 10.9. The number of nitrogens with one attached hydrogen (secondary N) is 2. The van der Waals surface area contributed by atoms with Gasteiger partial charge in [0.2, 0.25) is 0 Å². The van der Waals surface area contributed by atoms with Crippen molar-refractivity contribution in [3.8, 4) is 0 Å². The standard InChI is InChI=1S/C15H23N3O4S/c1-12-3-5-14(6-4-12)23(20,21)17-15(19)16-8-7-13-11-18(2)9-10-22-13/h3-6,13H,7-11H2,1-2H3,(H2,16,17,19). The Bertz CT molecular complexity index is 631. The number of sulfonamides is 1. The normalized spacial score (nSPS) is 19.3. The molecule has 2 amide bonds. The van der Waals surface area contributed by atoms with E-state index in [2.05, 4.69) is 10.2 Å². The Morgan fingerprint density at radius 2 is 2.04 bits per heavy atom. The van der Waals surface area contributed by atoms with Crippen molar-refractivity contribution in [2.75, 3.05) is 33.3 Å². The van der Waals surface area contributed by atoms with Gasteiger partial charge in [0.1, 0.15) is 0 Å². The number of nitrogens with zero attached hydrogens (tertiary/aromatic N) is 1. The number of amides is 2. The van der Waals surface area contributed by atoms with E-state index in [1.54, 1.807) is 12.1 Å². The van der Waals surface area contributed by atoms with E-state index >= 15 is 0 Å². The van der Waals surface area contributed by atoms with Crippen LogP contribution in [0.3, 0.4) is 0 Å². The van der Waals surface area contributed by atoms with Gasteiger partial charge in [0.25, 0.3) is 10.0 Å². The zero-order valence-corrected chi connectivity index (χ0v) is 14.2. The fourth-order valence-corrected chi connectivity index (χ4v) is 3.25. The largest absolute Gasteiger partial charge is 0.375 e. The molecule has 0 spiro atoms. The number of ether oxygens (including phenoxy) is 1. The lowest BCUT2D eigenvalue weighted by Crippen LogP contribution is -2.43. The van der Waals surface area contributed by atoms with Crippen LogP contribution < -0.4 is 10.0 Å². The van der Waals surface area contributed by atoms with Crippen molar-refractivity contribution in [1.29, 1.82) is 0 Å². The molecule has 0 aliphatic carbocycles. The minimum atomic E-state index is -3.84. The lowest BCUT2D eigenvalue weighted by Gasteiger charge is -2.30. The van der Waals surface area contributed by atoms with Crippen molar-refractivity contribution >= 4 is 16.1 Å². The summed E-state index contributed by atoms with van der Waals surface area (Å²) in [6, 6.07) is 5.58. The first-order valence-electron chi connectivity index (χ1n) is 7.54. The number of morpholine rings is 1. The molecule has 1 aromatic carbocycles. The van der Waals surface area contributed by atoms with Gasteiger partial charge in [-0.2, -0.15) is 0 Å². The molecule has 0 aromatic heterocycles. The van der Waals surface area contributed by atoms with E-state index in [0.29, 0.717) is 19.6 Å². The number of hydrogen-bond donors (Lipinski definition) is 2. The highest BCUT2D eigenvalue weighted by Crippen LogP contribution is 2.09. The number of carbonyl (C=O) groups is 1. The third-order valence-corrected chi connectivity index (χ3v) is 5.00. The lowest BCUT2D eigenvalue weighted by atomic mass is 10.2. The van der Waals surface area contributed by atoms with Gasteiger partial charge in [-0.1, -0.05) is 17.7 Å². The van der Waals surface area contributed by atoms with Crippen molar-refractivity contribution in [3.05, 3.63) is 29.8 Å². The summed E-state index contributed by atoms with van der Waals surface area (Å²) in [4.78, 5) is 14.0. The quantitative estimate of drug-likeness (QED) is 0.823. The molecule has 0 radical (unpaired) electrons. The zero-order chi connectivity index (χ0) is 16.9. The van der Waals surface area contributed by atoms with Gasteiger partial charge in [-0.25, -0.2) is 17.9 Å². The fraction of sp³-hybridized carbons (Fsp3) is 0.533. The van der Waals surface area contributed by atoms with Gasteiger partial charge < -0.3 is 15.0 Å². The van der Waals surface area contributed by atoms with Crippen molar-refractivity contribution < 1.29 is 17.9 Å². The third-order valence-electron chi connectivity index (χ3n) is 3.65. The predicted octanol–water partition coefficient (Wildman–Crippen LogP) is 0.704. The first kappa shape index (κ1) is 17.7. The molecule has 1 saturated heterocycles. The molecule has 23 heavy (non-hydrogen) atoms. The molecular weight excluding hydrogens is 318 g/mol. The number of rotatable bonds is 5. The molecule has 0 saturated carbocycles. The molecule has 0 bridgehead atoms. The number of benzene rings is 1. The van der Waals surface area contributed by atoms with E-state index in [9.17, 15) is 13.2 Å². The van der Waals surface area contributed by atoms with Gasteiger partial charge in [-0.15, -0.1) is 0 Å². The first-order valence-corrected chi connectivity index (χ1v) is 9.02. The van der Waals surface area contributed by atoms with Gasteiger partial charge >= 0.3 is 6.03 Å². The number of carbonyl (C=O) groups excluding carboxylic acids is 1. The molecule has 1 heterocycles. The summed E-state index contributed by atoms with van der Waals surface area (Å²) in [5.74, 6) is 0. The smallest absolute Gasteiger partial charge is 0.328 e. The van der Waals surface area contributed by atoms with Crippen LogP contribution in [0.15, 0.2) is 29.2 Å². The molecule has 1 atom stereocenters. The minimum Gasteiger partial charge on any atom is -0.375 e. The summed E-state index contributed by atoms with van der Waals surface area (Å²) in [6.45, 7) is 4.61. The highest BCUT2D eigenvalue weighted by molar-refractivity contribution is 7.90. The highest BCUT2D eigenvalue weighted by Gasteiger charge is 2.19. The second-order valence-electron chi connectivity index (χ2n) is 5.72. The molecule has 7 nitrogen and oxygen atoms in total. The second kappa shape index (κ2) is 7.76. The maximum absolute atomic E-state index is 12.1. The predicted molar refractivity (Wildman–Crippen MR) is 86.8 cm³/mol. The lowest BCUT2D eigenvalue weighted by molar-refractivity contribution is -0.0224. The Morgan fingerprint density at radius 3 is 2.70 bits per heavy atom. The minimum absolute atomic E-state index is 0.0581. The summed E-state index contributed by atoms with van der Waals surface area (Å²) >= 11 is 0. The number of hydrogen-bond acceptors (Lipinski definition) is 5. The molecule has 8 heteroatoms. The van der Waals surface area contributed by atoms with Crippen molar-refractivity contribution in [2.24, 2.45) is 0 Å². The molecule has 128 valence electrons. The Balaban J connectivity index is 1.78. The summed E-state index contributed by atoms with van der Waals surface area (Å²) < 4.78 is 31.7. The fourth-order valence-electron chi connectivity index (χ4n) is 2.32. The molecule has 1 aliphatic rings. The zero-order valence-electron chi connectivity index (χ0n) is 13.4. The number of aryl methyl sites for hydroxylation is 1. The van der Waals surface area contributed by atoms with E-state index in [4.69, 9.17) is 4.74 Å². The summed E-state index contributed by atoms with van der Waals surface area (Å²) in [5.41, 5.74) is 0.950. The molecule has 2 N–H and O–H groups in total. The maximum atomic E-state index is 12.1. The Hall–Kier alpha value is -1.64. The van der Waals surface area contributed by atoms with E-state index in [1.807, 2.05) is 18.7 Å². The number of likely N-dealkylation sites (N-methyl/N-ethyl adjacent to an activating group) is 1. The van der Waals surface area contributed by atoms with E-state index < -0.39 is 16.1 Å². The Kier molecular flexibility index (Phi) is 5.97.